The van der Waals surface area contributed by atoms with Gasteiger partial charge in [0.1, 0.15) is 0 Å². The Morgan fingerprint density at radius 3 is 2.58 bits per heavy atom. The van der Waals surface area contributed by atoms with Crippen molar-refractivity contribution in [2.24, 2.45) is 5.41 Å². The highest BCUT2D eigenvalue weighted by molar-refractivity contribution is 9.10. The molecule has 0 aromatic carbocycles. The van der Waals surface area contributed by atoms with Crippen LogP contribution in [0.5, 0.6) is 0 Å². The first-order chi connectivity index (χ1) is 8.93. The molecule has 1 unspecified atom stereocenters. The second-order valence-electron chi connectivity index (χ2n) is 6.23. The molecule has 0 bridgehead atoms. The molecule has 0 amide bonds. The highest BCUT2D eigenvalue weighted by Crippen LogP contribution is 2.23. The van der Waals surface area contributed by atoms with Crippen LogP contribution in [0.15, 0.2) is 22.8 Å². The fourth-order valence-electron chi connectivity index (χ4n) is 2.20. The molecule has 0 radical (unpaired) electrons. The second-order valence-corrected chi connectivity index (χ2v) is 7.15. The third kappa shape index (κ3) is 6.53. The summed E-state index contributed by atoms with van der Waals surface area (Å²) < 4.78 is 1.05. The summed E-state index contributed by atoms with van der Waals surface area (Å²) in [7, 11) is 0. The Kier molecular flexibility index (Phi) is 7.01. The molecule has 0 fully saturated rings. The number of hydrogen-bond acceptors (Lipinski definition) is 2. The summed E-state index contributed by atoms with van der Waals surface area (Å²) in [5, 5.41) is 3.68. The molecular formula is C16H27BrN2. The normalized spacial score (nSPS) is 13.5. The largest absolute Gasteiger partial charge is 0.313 e. The zero-order valence-electron chi connectivity index (χ0n) is 12.7. The van der Waals surface area contributed by atoms with E-state index in [0.29, 0.717) is 11.5 Å². The topological polar surface area (TPSA) is 24.9 Å². The van der Waals surface area contributed by atoms with Crippen molar-refractivity contribution in [2.45, 2.75) is 59.4 Å². The van der Waals surface area contributed by atoms with Crippen LogP contribution in [0.4, 0.5) is 0 Å². The van der Waals surface area contributed by atoms with Gasteiger partial charge in [0, 0.05) is 22.4 Å². The molecule has 2 nitrogen and oxygen atoms in total. The van der Waals surface area contributed by atoms with Crippen molar-refractivity contribution in [3.63, 3.8) is 0 Å². The van der Waals surface area contributed by atoms with Crippen LogP contribution in [-0.4, -0.2) is 17.6 Å². The summed E-state index contributed by atoms with van der Waals surface area (Å²) in [6, 6.07) is 4.76. The zero-order chi connectivity index (χ0) is 14.3. The first-order valence-corrected chi connectivity index (χ1v) is 8.06. The third-order valence-corrected chi connectivity index (χ3v) is 3.87. The van der Waals surface area contributed by atoms with Gasteiger partial charge in [-0.25, -0.2) is 0 Å². The van der Waals surface area contributed by atoms with Crippen LogP contribution in [0.25, 0.3) is 0 Å². The highest BCUT2D eigenvalue weighted by atomic mass is 79.9. The van der Waals surface area contributed by atoms with Gasteiger partial charge in [0.15, 0.2) is 0 Å². The Labute approximate surface area is 126 Å². The number of aryl methyl sites for hydroxylation is 1. The van der Waals surface area contributed by atoms with Gasteiger partial charge in [0.25, 0.3) is 0 Å². The number of rotatable bonds is 7. The first kappa shape index (κ1) is 16.6. The summed E-state index contributed by atoms with van der Waals surface area (Å²) in [6.07, 6.45) is 6.54. The summed E-state index contributed by atoms with van der Waals surface area (Å²) in [4.78, 5) is 4.43. The van der Waals surface area contributed by atoms with E-state index in [9.17, 15) is 0 Å². The summed E-state index contributed by atoms with van der Waals surface area (Å²) in [5.41, 5.74) is 1.51. The van der Waals surface area contributed by atoms with Gasteiger partial charge in [0.05, 0.1) is 0 Å². The van der Waals surface area contributed by atoms with E-state index < -0.39 is 0 Å². The minimum Gasteiger partial charge on any atom is -0.313 e. The van der Waals surface area contributed by atoms with Gasteiger partial charge in [-0.2, -0.15) is 0 Å². The summed E-state index contributed by atoms with van der Waals surface area (Å²) >= 11 is 3.42. The van der Waals surface area contributed by atoms with Crippen LogP contribution in [-0.2, 0) is 6.42 Å². The fourth-order valence-corrected chi connectivity index (χ4v) is 2.44. The minimum absolute atomic E-state index is 0.322. The van der Waals surface area contributed by atoms with E-state index in [2.05, 4.69) is 66.1 Å². The predicted octanol–water partition coefficient (Wildman–Crippen LogP) is 4.58. The van der Waals surface area contributed by atoms with Crippen LogP contribution in [0.3, 0.4) is 0 Å². The monoisotopic (exact) mass is 326 g/mol. The smallest absolute Gasteiger partial charge is 0.0413 e. The van der Waals surface area contributed by atoms with Crippen molar-refractivity contribution < 1.29 is 0 Å². The van der Waals surface area contributed by atoms with Gasteiger partial charge in [-0.15, -0.1) is 0 Å². The summed E-state index contributed by atoms with van der Waals surface area (Å²) in [5.74, 6) is 0. The lowest BCUT2D eigenvalue weighted by Gasteiger charge is -2.31. The fraction of sp³-hybridized carbons (Fsp3) is 0.688. The molecule has 1 atom stereocenters. The molecule has 0 aliphatic heterocycles. The van der Waals surface area contributed by atoms with E-state index in [4.69, 9.17) is 0 Å². The van der Waals surface area contributed by atoms with Crippen LogP contribution in [0.2, 0.25) is 0 Å². The molecule has 0 spiro atoms. The summed E-state index contributed by atoms with van der Waals surface area (Å²) in [6.45, 7) is 10.3. The van der Waals surface area contributed by atoms with Crippen LogP contribution in [0.1, 0.15) is 52.7 Å². The Morgan fingerprint density at radius 2 is 2.05 bits per heavy atom. The van der Waals surface area contributed by atoms with E-state index in [-0.39, 0.29) is 0 Å². The maximum absolute atomic E-state index is 4.43. The Morgan fingerprint density at radius 1 is 1.32 bits per heavy atom. The van der Waals surface area contributed by atoms with Crippen molar-refractivity contribution in [3.05, 3.63) is 28.5 Å². The van der Waals surface area contributed by atoms with Crippen LogP contribution < -0.4 is 5.32 Å². The van der Waals surface area contributed by atoms with Crippen molar-refractivity contribution in [3.8, 4) is 0 Å². The van der Waals surface area contributed by atoms with Gasteiger partial charge in [0.2, 0.25) is 0 Å². The third-order valence-electron chi connectivity index (χ3n) is 3.40. The Bertz CT molecular complexity index is 354. The van der Waals surface area contributed by atoms with Gasteiger partial charge < -0.3 is 5.32 Å². The number of hydrogen-bond donors (Lipinski definition) is 1. The van der Waals surface area contributed by atoms with Gasteiger partial charge >= 0.3 is 0 Å². The zero-order valence-corrected chi connectivity index (χ0v) is 14.3. The molecule has 19 heavy (non-hydrogen) atoms. The molecule has 0 aliphatic rings. The highest BCUT2D eigenvalue weighted by Gasteiger charge is 2.23. The molecule has 0 aliphatic carbocycles. The number of nitrogens with zero attached hydrogens (tertiary/aromatic N) is 1. The maximum atomic E-state index is 4.43. The average Bonchev–Trinajstić information content (AvgIpc) is 2.34. The quantitative estimate of drug-likeness (QED) is 0.793. The Hall–Kier alpha value is -0.410. The predicted molar refractivity (Wildman–Crippen MR) is 86.4 cm³/mol. The van der Waals surface area contributed by atoms with Gasteiger partial charge in [-0.3, -0.25) is 4.98 Å². The minimum atomic E-state index is 0.322. The second kappa shape index (κ2) is 8.01. The van der Waals surface area contributed by atoms with Crippen LogP contribution >= 0.6 is 15.9 Å². The lowest BCUT2D eigenvalue weighted by atomic mass is 9.83. The molecule has 1 heterocycles. The number of halogens is 1. The molecular weight excluding hydrogens is 300 g/mol. The van der Waals surface area contributed by atoms with Crippen molar-refractivity contribution in [2.75, 3.05) is 6.54 Å². The molecule has 1 aromatic rings. The lowest BCUT2D eigenvalue weighted by molar-refractivity contribution is 0.251. The molecule has 108 valence electrons. The van der Waals surface area contributed by atoms with E-state index in [0.717, 1.165) is 17.4 Å². The first-order valence-electron chi connectivity index (χ1n) is 7.27. The van der Waals surface area contributed by atoms with E-state index in [1.165, 1.54) is 25.0 Å². The number of aromatic nitrogens is 1. The Balaban J connectivity index is 2.41. The maximum Gasteiger partial charge on any atom is 0.0413 e. The average molecular weight is 327 g/mol. The molecule has 1 N–H and O–H groups in total. The van der Waals surface area contributed by atoms with Crippen LogP contribution in [0, 0.1) is 5.41 Å². The van der Waals surface area contributed by atoms with Crippen molar-refractivity contribution in [1.29, 1.82) is 0 Å². The lowest BCUT2D eigenvalue weighted by Crippen LogP contribution is -2.40. The van der Waals surface area contributed by atoms with Crippen molar-refractivity contribution in [1.82, 2.24) is 10.3 Å². The SMILES string of the molecule is CCCNC(CCCc1ccc(Br)cn1)C(C)(C)C. The van der Waals surface area contributed by atoms with Gasteiger partial charge in [-0.05, 0) is 65.7 Å². The van der Waals surface area contributed by atoms with E-state index >= 15 is 0 Å². The molecule has 1 aromatic heterocycles. The van der Waals surface area contributed by atoms with Crippen molar-refractivity contribution >= 4 is 15.9 Å². The van der Waals surface area contributed by atoms with Gasteiger partial charge in [-0.1, -0.05) is 27.7 Å². The number of nitrogens with one attached hydrogen (secondary N) is 1. The molecule has 0 saturated heterocycles. The standard InChI is InChI=1S/C16H27BrN2/c1-5-11-18-15(16(2,3)4)8-6-7-14-10-9-13(17)12-19-14/h9-10,12,15,18H,5-8,11H2,1-4H3. The molecule has 1 rings (SSSR count). The molecule has 0 saturated carbocycles. The number of pyridine rings is 1. The van der Waals surface area contributed by atoms with E-state index in [1.807, 2.05) is 6.20 Å². The molecule has 3 heteroatoms. The van der Waals surface area contributed by atoms with E-state index in [1.54, 1.807) is 0 Å².